The number of hydrogen-bond donors (Lipinski definition) is 2. The van der Waals surface area contributed by atoms with Gasteiger partial charge in [0.15, 0.2) is 5.82 Å². The van der Waals surface area contributed by atoms with E-state index >= 15 is 0 Å². The molecule has 4 rings (SSSR count). The molecule has 1 aliphatic rings. The van der Waals surface area contributed by atoms with Crippen LogP contribution in [0.5, 0.6) is 0 Å². The second-order valence-electron chi connectivity index (χ2n) is 5.68. The SMILES string of the molecule is O=c1[nH]c2c(F)c(CN3CCNCC3)ccc2n2nc(F)cc12. The molecular weight excluding hydrogens is 304 g/mol. The molecule has 2 N–H and O–H groups in total. The molecule has 0 aliphatic carbocycles. The molecule has 0 radical (unpaired) electrons. The van der Waals surface area contributed by atoms with E-state index in [1.54, 1.807) is 12.1 Å². The Hall–Kier alpha value is -2.32. The van der Waals surface area contributed by atoms with Gasteiger partial charge < -0.3 is 10.3 Å². The second-order valence-corrected chi connectivity index (χ2v) is 5.68. The minimum Gasteiger partial charge on any atom is -0.316 e. The molecule has 1 aromatic carbocycles. The molecule has 8 heteroatoms. The summed E-state index contributed by atoms with van der Waals surface area (Å²) in [7, 11) is 0. The number of halogens is 2. The maximum absolute atomic E-state index is 14.8. The van der Waals surface area contributed by atoms with E-state index in [9.17, 15) is 13.6 Å². The molecule has 0 bridgehead atoms. The number of aromatic nitrogens is 3. The van der Waals surface area contributed by atoms with Crippen LogP contribution < -0.4 is 10.9 Å². The zero-order valence-electron chi connectivity index (χ0n) is 12.3. The van der Waals surface area contributed by atoms with E-state index in [1.807, 2.05) is 0 Å². The zero-order valence-corrected chi connectivity index (χ0v) is 12.3. The molecule has 23 heavy (non-hydrogen) atoms. The van der Waals surface area contributed by atoms with Crippen molar-refractivity contribution in [3.63, 3.8) is 0 Å². The van der Waals surface area contributed by atoms with Crippen LogP contribution in [0, 0.1) is 11.8 Å². The average molecular weight is 319 g/mol. The normalized spacial score (nSPS) is 16.4. The molecule has 0 unspecified atom stereocenters. The maximum atomic E-state index is 14.8. The van der Waals surface area contributed by atoms with Gasteiger partial charge in [0, 0.05) is 44.4 Å². The second kappa shape index (κ2) is 5.39. The summed E-state index contributed by atoms with van der Waals surface area (Å²) in [6, 6.07) is 4.35. The van der Waals surface area contributed by atoms with E-state index < -0.39 is 17.3 Å². The lowest BCUT2D eigenvalue weighted by Crippen LogP contribution is -2.43. The molecular formula is C15H15F2N5O. The molecule has 1 saturated heterocycles. The van der Waals surface area contributed by atoms with Gasteiger partial charge in [0.1, 0.15) is 11.0 Å². The van der Waals surface area contributed by atoms with E-state index in [1.165, 1.54) is 0 Å². The third-order valence-electron chi connectivity index (χ3n) is 4.18. The van der Waals surface area contributed by atoms with Crippen molar-refractivity contribution in [2.45, 2.75) is 6.54 Å². The summed E-state index contributed by atoms with van der Waals surface area (Å²) in [6.45, 7) is 3.91. The Morgan fingerprint density at radius 3 is 2.74 bits per heavy atom. The van der Waals surface area contributed by atoms with Crippen molar-refractivity contribution in [1.29, 1.82) is 0 Å². The first-order valence-electron chi connectivity index (χ1n) is 7.45. The topological polar surface area (TPSA) is 65.4 Å². The maximum Gasteiger partial charge on any atom is 0.274 e. The minimum absolute atomic E-state index is 0.0539. The summed E-state index contributed by atoms with van der Waals surface area (Å²) < 4.78 is 29.3. The molecule has 3 heterocycles. The van der Waals surface area contributed by atoms with Gasteiger partial charge in [-0.25, -0.2) is 8.91 Å². The van der Waals surface area contributed by atoms with Crippen LogP contribution in [0.3, 0.4) is 0 Å². The third-order valence-corrected chi connectivity index (χ3v) is 4.18. The monoisotopic (exact) mass is 319 g/mol. The Balaban J connectivity index is 1.84. The van der Waals surface area contributed by atoms with Gasteiger partial charge >= 0.3 is 0 Å². The van der Waals surface area contributed by atoms with Crippen molar-refractivity contribution in [1.82, 2.24) is 24.8 Å². The molecule has 0 saturated carbocycles. The predicted molar refractivity (Wildman–Crippen MR) is 81.4 cm³/mol. The fourth-order valence-corrected chi connectivity index (χ4v) is 3.01. The summed E-state index contributed by atoms with van der Waals surface area (Å²) in [5.41, 5.74) is 0.390. The first kappa shape index (κ1) is 14.3. The largest absolute Gasteiger partial charge is 0.316 e. The van der Waals surface area contributed by atoms with E-state index in [4.69, 9.17) is 0 Å². The molecule has 0 atom stereocenters. The molecule has 120 valence electrons. The van der Waals surface area contributed by atoms with Gasteiger partial charge in [-0.3, -0.25) is 9.69 Å². The van der Waals surface area contributed by atoms with Crippen molar-refractivity contribution in [3.05, 3.63) is 45.9 Å². The number of nitrogens with zero attached hydrogens (tertiary/aromatic N) is 3. The van der Waals surface area contributed by atoms with Crippen LogP contribution in [0.1, 0.15) is 5.56 Å². The van der Waals surface area contributed by atoms with E-state index in [0.29, 0.717) is 17.6 Å². The Kier molecular flexibility index (Phi) is 3.35. The number of aromatic amines is 1. The predicted octanol–water partition coefficient (Wildman–Crippen LogP) is 0.859. The standard InChI is InChI=1S/C15H15F2N5O/c16-12-7-11-15(23)19-14-10(22(11)20-12)2-1-9(13(14)17)8-21-5-3-18-4-6-21/h1-2,7,18H,3-6,8H2,(H,19,23). The molecule has 1 aliphatic heterocycles. The van der Waals surface area contributed by atoms with Crippen molar-refractivity contribution in [2.24, 2.45) is 0 Å². The number of benzene rings is 1. The van der Waals surface area contributed by atoms with Crippen LogP contribution in [0.15, 0.2) is 23.0 Å². The Morgan fingerprint density at radius 2 is 1.96 bits per heavy atom. The van der Waals surface area contributed by atoms with E-state index in [2.05, 4.69) is 20.3 Å². The molecule has 0 spiro atoms. The molecule has 0 amide bonds. The van der Waals surface area contributed by atoms with E-state index in [-0.39, 0.29) is 11.0 Å². The van der Waals surface area contributed by atoms with Gasteiger partial charge in [0.2, 0.25) is 5.95 Å². The highest BCUT2D eigenvalue weighted by Gasteiger charge is 2.17. The molecule has 1 fully saturated rings. The summed E-state index contributed by atoms with van der Waals surface area (Å²) in [4.78, 5) is 16.6. The molecule has 3 aromatic rings. The number of piperazine rings is 1. The zero-order chi connectivity index (χ0) is 16.0. The number of fused-ring (bicyclic) bond motifs is 3. The van der Waals surface area contributed by atoms with Crippen LogP contribution in [0.2, 0.25) is 0 Å². The van der Waals surface area contributed by atoms with Gasteiger partial charge in [0.25, 0.3) is 5.56 Å². The van der Waals surface area contributed by atoms with Crippen molar-refractivity contribution < 1.29 is 8.78 Å². The van der Waals surface area contributed by atoms with Crippen LogP contribution in [0.4, 0.5) is 8.78 Å². The van der Waals surface area contributed by atoms with Gasteiger partial charge in [0.05, 0.1) is 5.52 Å². The highest BCUT2D eigenvalue weighted by Crippen LogP contribution is 2.20. The Bertz CT molecular complexity index is 942. The number of rotatable bonds is 2. The smallest absolute Gasteiger partial charge is 0.274 e. The highest BCUT2D eigenvalue weighted by molar-refractivity contribution is 5.79. The first-order chi connectivity index (χ1) is 11.1. The lowest BCUT2D eigenvalue weighted by molar-refractivity contribution is 0.230. The summed E-state index contributed by atoms with van der Waals surface area (Å²) >= 11 is 0. The quantitative estimate of drug-likeness (QED) is 0.735. The number of nitrogens with one attached hydrogen (secondary N) is 2. The van der Waals surface area contributed by atoms with Gasteiger partial charge in [-0.1, -0.05) is 6.07 Å². The first-order valence-corrected chi connectivity index (χ1v) is 7.45. The lowest BCUT2D eigenvalue weighted by atomic mass is 10.1. The average Bonchev–Trinajstić information content (AvgIpc) is 2.94. The van der Waals surface area contributed by atoms with Gasteiger partial charge in [-0.05, 0) is 6.07 Å². The molecule has 2 aromatic heterocycles. The van der Waals surface area contributed by atoms with Crippen LogP contribution in [-0.2, 0) is 6.54 Å². The van der Waals surface area contributed by atoms with Crippen LogP contribution in [-0.4, -0.2) is 45.7 Å². The lowest BCUT2D eigenvalue weighted by Gasteiger charge is -2.27. The molecule has 6 nitrogen and oxygen atoms in total. The third kappa shape index (κ3) is 2.40. The Morgan fingerprint density at radius 1 is 1.17 bits per heavy atom. The van der Waals surface area contributed by atoms with Crippen LogP contribution in [0.25, 0.3) is 16.6 Å². The highest BCUT2D eigenvalue weighted by atomic mass is 19.1. The summed E-state index contributed by atoms with van der Waals surface area (Å²) in [6.07, 6.45) is 0. The van der Waals surface area contributed by atoms with Gasteiger partial charge in [-0.2, -0.15) is 4.39 Å². The number of hydrogen-bond acceptors (Lipinski definition) is 4. The minimum atomic E-state index is -0.770. The fourth-order valence-electron chi connectivity index (χ4n) is 3.01. The van der Waals surface area contributed by atoms with Gasteiger partial charge in [-0.15, -0.1) is 5.10 Å². The van der Waals surface area contributed by atoms with Crippen molar-refractivity contribution in [3.8, 4) is 0 Å². The summed E-state index contributed by atoms with van der Waals surface area (Å²) in [5.74, 6) is -1.26. The fraction of sp³-hybridized carbons (Fsp3) is 0.333. The van der Waals surface area contributed by atoms with E-state index in [0.717, 1.165) is 36.8 Å². The summed E-state index contributed by atoms with van der Waals surface area (Å²) in [5, 5.41) is 6.88. The van der Waals surface area contributed by atoms with Crippen molar-refractivity contribution >= 4 is 16.6 Å². The number of H-pyrrole nitrogens is 1. The van der Waals surface area contributed by atoms with Crippen molar-refractivity contribution in [2.75, 3.05) is 26.2 Å². The Labute approximate surface area is 129 Å². The van der Waals surface area contributed by atoms with Crippen LogP contribution >= 0.6 is 0 Å².